The zero-order valence-electron chi connectivity index (χ0n) is 15.8. The molecule has 0 fully saturated rings. The van der Waals surface area contributed by atoms with E-state index in [1.165, 1.54) is 0 Å². The molecule has 0 aromatic carbocycles. The van der Waals surface area contributed by atoms with Crippen LogP contribution in [0.25, 0.3) is 0 Å². The standard InChI is InChI=1S/C19H25N3O5/c1-4-5-8-20-19(25)21-17(23)12-27-18(24)16-10-13(2)22(14(16)3)11-15-7-6-9-26-15/h6-7,9-10H,4-5,8,11-12H2,1-3H3,(H2,20,21,23,25). The first-order valence-electron chi connectivity index (χ1n) is 8.86. The van der Waals surface area contributed by atoms with E-state index in [2.05, 4.69) is 10.6 Å². The Hall–Kier alpha value is -3.03. The monoisotopic (exact) mass is 375 g/mol. The molecule has 0 atom stereocenters. The van der Waals surface area contributed by atoms with Gasteiger partial charge in [0.1, 0.15) is 5.76 Å². The highest BCUT2D eigenvalue weighted by molar-refractivity contribution is 5.97. The van der Waals surface area contributed by atoms with E-state index in [0.717, 1.165) is 24.3 Å². The summed E-state index contributed by atoms with van der Waals surface area (Å²) in [7, 11) is 0. The molecule has 146 valence electrons. The van der Waals surface area contributed by atoms with Crippen LogP contribution in [0.4, 0.5) is 4.79 Å². The topological polar surface area (TPSA) is 103 Å². The average Bonchev–Trinajstić information content (AvgIpc) is 3.23. The second-order valence-electron chi connectivity index (χ2n) is 6.18. The number of aryl methyl sites for hydroxylation is 1. The van der Waals surface area contributed by atoms with Crippen molar-refractivity contribution in [3.8, 4) is 0 Å². The Morgan fingerprint density at radius 1 is 1.26 bits per heavy atom. The van der Waals surface area contributed by atoms with E-state index < -0.39 is 24.5 Å². The smallest absolute Gasteiger partial charge is 0.340 e. The zero-order chi connectivity index (χ0) is 19.8. The Morgan fingerprint density at radius 2 is 2.04 bits per heavy atom. The molecule has 2 aromatic rings. The summed E-state index contributed by atoms with van der Waals surface area (Å²) in [4.78, 5) is 35.5. The van der Waals surface area contributed by atoms with Gasteiger partial charge in [0.05, 0.1) is 18.4 Å². The van der Waals surface area contributed by atoms with E-state index in [1.807, 2.05) is 24.5 Å². The van der Waals surface area contributed by atoms with Crippen LogP contribution in [-0.4, -0.2) is 35.6 Å². The lowest BCUT2D eigenvalue weighted by molar-refractivity contribution is -0.123. The van der Waals surface area contributed by atoms with Crippen LogP contribution in [0.5, 0.6) is 0 Å². The Labute approximate surface area is 157 Å². The predicted molar refractivity (Wildman–Crippen MR) is 98.4 cm³/mol. The quantitative estimate of drug-likeness (QED) is 0.545. The minimum Gasteiger partial charge on any atom is -0.467 e. The van der Waals surface area contributed by atoms with Crippen molar-refractivity contribution in [2.75, 3.05) is 13.2 Å². The molecule has 0 aliphatic heterocycles. The number of carbonyl (C=O) groups excluding carboxylic acids is 3. The van der Waals surface area contributed by atoms with Crippen LogP contribution in [0.1, 0.15) is 47.3 Å². The summed E-state index contributed by atoms with van der Waals surface area (Å²) in [6, 6.07) is 4.76. The van der Waals surface area contributed by atoms with Crippen molar-refractivity contribution >= 4 is 17.9 Å². The van der Waals surface area contributed by atoms with E-state index in [4.69, 9.17) is 9.15 Å². The van der Waals surface area contributed by atoms with E-state index in [9.17, 15) is 14.4 Å². The number of esters is 1. The summed E-state index contributed by atoms with van der Waals surface area (Å²) in [5.41, 5.74) is 1.96. The molecule has 8 heteroatoms. The van der Waals surface area contributed by atoms with E-state index in [0.29, 0.717) is 24.3 Å². The van der Waals surface area contributed by atoms with Crippen molar-refractivity contribution in [3.63, 3.8) is 0 Å². The van der Waals surface area contributed by atoms with Crippen molar-refractivity contribution in [1.82, 2.24) is 15.2 Å². The lowest BCUT2D eigenvalue weighted by atomic mass is 10.2. The second kappa shape index (κ2) is 9.61. The molecule has 0 spiro atoms. The van der Waals surface area contributed by atoms with Gasteiger partial charge in [-0.05, 0) is 38.5 Å². The maximum atomic E-state index is 12.3. The highest BCUT2D eigenvalue weighted by Crippen LogP contribution is 2.18. The van der Waals surface area contributed by atoms with Crippen LogP contribution in [0, 0.1) is 13.8 Å². The van der Waals surface area contributed by atoms with Gasteiger partial charge in [0.25, 0.3) is 5.91 Å². The number of rotatable bonds is 8. The van der Waals surface area contributed by atoms with Crippen LogP contribution >= 0.6 is 0 Å². The fraction of sp³-hybridized carbons (Fsp3) is 0.421. The summed E-state index contributed by atoms with van der Waals surface area (Å²) in [5.74, 6) is -0.526. The SMILES string of the molecule is CCCCNC(=O)NC(=O)COC(=O)c1cc(C)n(Cc2ccco2)c1C. The van der Waals surface area contributed by atoms with Crippen molar-refractivity contribution < 1.29 is 23.5 Å². The van der Waals surface area contributed by atoms with Gasteiger partial charge in [-0.3, -0.25) is 10.1 Å². The first-order valence-corrected chi connectivity index (χ1v) is 8.86. The minimum absolute atomic E-state index is 0.374. The molecule has 8 nitrogen and oxygen atoms in total. The lowest BCUT2D eigenvalue weighted by Gasteiger charge is -2.08. The molecule has 2 heterocycles. The maximum absolute atomic E-state index is 12.3. The third-order valence-corrected chi connectivity index (χ3v) is 4.09. The maximum Gasteiger partial charge on any atom is 0.340 e. The van der Waals surface area contributed by atoms with Gasteiger partial charge in [-0.25, -0.2) is 9.59 Å². The predicted octanol–water partition coefficient (Wildman–Crippen LogP) is 2.53. The summed E-state index contributed by atoms with van der Waals surface area (Å²) in [6.45, 7) is 6.12. The highest BCUT2D eigenvalue weighted by Gasteiger charge is 2.19. The van der Waals surface area contributed by atoms with Crippen LogP contribution in [0.15, 0.2) is 28.9 Å². The first kappa shape index (κ1) is 20.3. The van der Waals surface area contributed by atoms with Gasteiger partial charge in [-0.2, -0.15) is 0 Å². The van der Waals surface area contributed by atoms with E-state index in [1.54, 1.807) is 25.3 Å². The number of hydrogen-bond donors (Lipinski definition) is 2. The van der Waals surface area contributed by atoms with Crippen molar-refractivity contribution in [3.05, 3.63) is 47.2 Å². The molecule has 2 rings (SSSR count). The number of carbonyl (C=O) groups is 3. The van der Waals surface area contributed by atoms with Crippen LogP contribution in [0.2, 0.25) is 0 Å². The normalized spacial score (nSPS) is 10.5. The molecule has 0 aliphatic carbocycles. The van der Waals surface area contributed by atoms with Gasteiger partial charge < -0.3 is 19.0 Å². The summed E-state index contributed by atoms with van der Waals surface area (Å²) in [6.07, 6.45) is 3.35. The van der Waals surface area contributed by atoms with Gasteiger partial charge in [0, 0.05) is 17.9 Å². The molecule has 0 saturated carbocycles. The van der Waals surface area contributed by atoms with Crippen LogP contribution < -0.4 is 10.6 Å². The number of aromatic nitrogens is 1. The molecule has 0 bridgehead atoms. The molecule has 0 aliphatic rings. The van der Waals surface area contributed by atoms with E-state index in [-0.39, 0.29) is 0 Å². The number of nitrogens with zero attached hydrogens (tertiary/aromatic N) is 1. The van der Waals surface area contributed by atoms with Gasteiger partial charge in [0.2, 0.25) is 0 Å². The van der Waals surface area contributed by atoms with Crippen molar-refractivity contribution in [2.45, 2.75) is 40.2 Å². The molecule has 0 unspecified atom stereocenters. The highest BCUT2D eigenvalue weighted by atomic mass is 16.5. The Balaban J connectivity index is 1.89. The Morgan fingerprint density at radius 3 is 2.70 bits per heavy atom. The third-order valence-electron chi connectivity index (χ3n) is 4.09. The van der Waals surface area contributed by atoms with Crippen molar-refractivity contribution in [1.29, 1.82) is 0 Å². The van der Waals surface area contributed by atoms with Crippen molar-refractivity contribution in [2.24, 2.45) is 0 Å². The van der Waals surface area contributed by atoms with Crippen LogP contribution in [0.3, 0.4) is 0 Å². The molecular weight excluding hydrogens is 350 g/mol. The number of hydrogen-bond acceptors (Lipinski definition) is 5. The molecular formula is C19H25N3O5. The number of urea groups is 1. The van der Waals surface area contributed by atoms with Gasteiger partial charge in [-0.15, -0.1) is 0 Å². The Bertz CT molecular complexity index is 793. The van der Waals surface area contributed by atoms with Crippen LogP contribution in [-0.2, 0) is 16.1 Å². The molecule has 0 saturated heterocycles. The number of unbranched alkanes of at least 4 members (excludes halogenated alkanes) is 1. The number of amides is 3. The summed E-state index contributed by atoms with van der Waals surface area (Å²) < 4.78 is 12.3. The van der Waals surface area contributed by atoms with Gasteiger partial charge >= 0.3 is 12.0 Å². The Kier molecular flexibility index (Phi) is 7.22. The summed E-state index contributed by atoms with van der Waals surface area (Å²) in [5, 5.41) is 4.67. The van der Waals surface area contributed by atoms with Gasteiger partial charge in [0.15, 0.2) is 6.61 Å². The zero-order valence-corrected chi connectivity index (χ0v) is 15.8. The van der Waals surface area contributed by atoms with E-state index >= 15 is 0 Å². The molecule has 2 N–H and O–H groups in total. The minimum atomic E-state index is -0.679. The molecule has 3 amide bonds. The first-order chi connectivity index (χ1) is 12.9. The lowest BCUT2D eigenvalue weighted by Crippen LogP contribution is -2.41. The van der Waals surface area contributed by atoms with Gasteiger partial charge in [-0.1, -0.05) is 13.3 Å². The third kappa shape index (κ3) is 5.73. The number of furan rings is 1. The number of ether oxygens (including phenoxy) is 1. The largest absolute Gasteiger partial charge is 0.467 e. The fourth-order valence-corrected chi connectivity index (χ4v) is 2.60. The summed E-state index contributed by atoms with van der Waals surface area (Å²) >= 11 is 0. The number of nitrogens with one attached hydrogen (secondary N) is 2. The average molecular weight is 375 g/mol. The fourth-order valence-electron chi connectivity index (χ4n) is 2.60. The molecule has 2 aromatic heterocycles. The second-order valence-corrected chi connectivity index (χ2v) is 6.18. The number of imide groups is 1. The molecule has 27 heavy (non-hydrogen) atoms. The molecule has 0 radical (unpaired) electrons.